The highest BCUT2D eigenvalue weighted by Crippen LogP contribution is 2.19. The normalized spacial score (nSPS) is 17.7. The van der Waals surface area contributed by atoms with Crippen molar-refractivity contribution in [3.63, 3.8) is 0 Å². The van der Waals surface area contributed by atoms with E-state index in [-0.39, 0.29) is 30.1 Å². The highest BCUT2D eigenvalue weighted by molar-refractivity contribution is 14.0. The van der Waals surface area contributed by atoms with Crippen molar-refractivity contribution in [2.75, 3.05) is 53.6 Å². The van der Waals surface area contributed by atoms with Gasteiger partial charge >= 0.3 is 0 Å². The molecule has 6 nitrogen and oxygen atoms in total. The van der Waals surface area contributed by atoms with Gasteiger partial charge in [-0.15, -0.1) is 24.0 Å². The van der Waals surface area contributed by atoms with E-state index in [0.717, 1.165) is 44.4 Å². The Morgan fingerprint density at radius 2 is 1.93 bits per heavy atom. The van der Waals surface area contributed by atoms with Crippen LogP contribution in [0.4, 0.5) is 0 Å². The highest BCUT2D eigenvalue weighted by atomic mass is 127. The third kappa shape index (κ3) is 8.02. The number of hydrogen-bond donors (Lipinski definition) is 2. The quantitative estimate of drug-likeness (QED) is 0.311. The zero-order valence-corrected chi connectivity index (χ0v) is 20.4. The number of aliphatic imine (C=N–C) groups is 1. The van der Waals surface area contributed by atoms with Crippen molar-refractivity contribution in [1.82, 2.24) is 15.5 Å². The lowest BCUT2D eigenvalue weighted by molar-refractivity contribution is 0.00750. The molecule has 2 atom stereocenters. The van der Waals surface area contributed by atoms with Gasteiger partial charge in [-0.05, 0) is 23.6 Å². The molecule has 0 aromatic heterocycles. The molecule has 1 aromatic rings. The van der Waals surface area contributed by atoms with Gasteiger partial charge in [0.05, 0.1) is 19.3 Å². The summed E-state index contributed by atoms with van der Waals surface area (Å²) in [6.45, 7) is 9.56. The van der Waals surface area contributed by atoms with Crippen LogP contribution in [0.2, 0.25) is 5.02 Å². The zero-order valence-electron chi connectivity index (χ0n) is 17.3. The first-order chi connectivity index (χ1) is 13.0. The van der Waals surface area contributed by atoms with E-state index in [1.165, 1.54) is 0 Å². The summed E-state index contributed by atoms with van der Waals surface area (Å²) in [5.74, 6) is 1.32. The Kier molecular flexibility index (Phi) is 12.3. The molecule has 1 heterocycles. The van der Waals surface area contributed by atoms with Crippen molar-refractivity contribution in [2.24, 2.45) is 10.9 Å². The Labute approximate surface area is 191 Å². The number of methoxy groups -OCH3 is 1. The maximum absolute atomic E-state index is 6.10. The van der Waals surface area contributed by atoms with Gasteiger partial charge in [0.2, 0.25) is 0 Å². The molecule has 28 heavy (non-hydrogen) atoms. The zero-order chi connectivity index (χ0) is 19.6. The average molecular weight is 525 g/mol. The summed E-state index contributed by atoms with van der Waals surface area (Å²) in [4.78, 5) is 6.85. The summed E-state index contributed by atoms with van der Waals surface area (Å²) >= 11 is 6.10. The SMILES string of the molecule is CN=C(NCC(OC)c1cccc(Cl)c1)NCC(C(C)C)N1CCOCC1.I. The predicted molar refractivity (Wildman–Crippen MR) is 127 cm³/mol. The molecule has 2 rings (SSSR count). The molecule has 1 aromatic carbocycles. The molecule has 1 saturated heterocycles. The first-order valence-corrected chi connectivity index (χ1v) is 9.97. The van der Waals surface area contributed by atoms with Gasteiger partial charge in [0.1, 0.15) is 0 Å². The lowest BCUT2D eigenvalue weighted by Crippen LogP contribution is -2.52. The number of guanidine groups is 1. The number of morpholine rings is 1. The largest absolute Gasteiger partial charge is 0.379 e. The van der Waals surface area contributed by atoms with Crippen LogP contribution in [0.15, 0.2) is 29.3 Å². The van der Waals surface area contributed by atoms with Crippen molar-refractivity contribution < 1.29 is 9.47 Å². The van der Waals surface area contributed by atoms with Gasteiger partial charge in [0, 0.05) is 51.4 Å². The Balaban J connectivity index is 0.00000392. The van der Waals surface area contributed by atoms with Crippen LogP contribution in [0.25, 0.3) is 0 Å². The predicted octanol–water partition coefficient (Wildman–Crippen LogP) is 3.17. The van der Waals surface area contributed by atoms with Crippen LogP contribution in [0.3, 0.4) is 0 Å². The third-order valence-electron chi connectivity index (χ3n) is 4.95. The fraction of sp³-hybridized carbons (Fsp3) is 0.650. The molecule has 8 heteroatoms. The van der Waals surface area contributed by atoms with E-state index < -0.39 is 0 Å². The van der Waals surface area contributed by atoms with Gasteiger partial charge in [-0.2, -0.15) is 0 Å². The smallest absolute Gasteiger partial charge is 0.191 e. The maximum atomic E-state index is 6.10. The van der Waals surface area contributed by atoms with Crippen LogP contribution >= 0.6 is 35.6 Å². The maximum Gasteiger partial charge on any atom is 0.191 e. The third-order valence-corrected chi connectivity index (χ3v) is 5.18. The standard InChI is InChI=1S/C20H33ClN4O2.HI/c1-15(2)18(25-8-10-27-11-9-25)13-23-20(22-3)24-14-19(26-4)16-6-5-7-17(21)12-16;/h5-7,12,15,18-19H,8-11,13-14H2,1-4H3,(H2,22,23,24);1H. The first kappa shape index (κ1) is 25.4. The molecule has 2 N–H and O–H groups in total. The number of hydrogen-bond acceptors (Lipinski definition) is 4. The second-order valence-electron chi connectivity index (χ2n) is 7.07. The van der Waals surface area contributed by atoms with E-state index in [1.54, 1.807) is 14.2 Å². The number of halogens is 2. The highest BCUT2D eigenvalue weighted by Gasteiger charge is 2.24. The number of nitrogens with zero attached hydrogens (tertiary/aromatic N) is 2. The fourth-order valence-electron chi connectivity index (χ4n) is 3.35. The van der Waals surface area contributed by atoms with Crippen LogP contribution in [-0.4, -0.2) is 70.5 Å². The van der Waals surface area contributed by atoms with Crippen molar-refractivity contribution in [2.45, 2.75) is 26.0 Å². The minimum atomic E-state index is -0.0950. The van der Waals surface area contributed by atoms with Crippen molar-refractivity contribution >= 4 is 41.5 Å². The van der Waals surface area contributed by atoms with Crippen LogP contribution < -0.4 is 10.6 Å². The lowest BCUT2D eigenvalue weighted by atomic mass is 10.0. The van der Waals surface area contributed by atoms with Crippen molar-refractivity contribution in [3.8, 4) is 0 Å². The van der Waals surface area contributed by atoms with Gasteiger partial charge in [-0.1, -0.05) is 37.6 Å². The van der Waals surface area contributed by atoms with Gasteiger partial charge in [0.15, 0.2) is 5.96 Å². The summed E-state index contributed by atoms with van der Waals surface area (Å²) in [7, 11) is 3.49. The second-order valence-corrected chi connectivity index (χ2v) is 7.51. The second kappa shape index (κ2) is 13.6. The summed E-state index contributed by atoms with van der Waals surface area (Å²) < 4.78 is 11.1. The number of benzene rings is 1. The lowest BCUT2D eigenvalue weighted by Gasteiger charge is -2.37. The van der Waals surface area contributed by atoms with E-state index in [9.17, 15) is 0 Å². The molecule has 160 valence electrons. The summed E-state index contributed by atoms with van der Waals surface area (Å²) in [5, 5.41) is 7.54. The Bertz CT molecular complexity index is 597. The van der Waals surface area contributed by atoms with E-state index in [0.29, 0.717) is 23.5 Å². The minimum Gasteiger partial charge on any atom is -0.379 e. The van der Waals surface area contributed by atoms with Crippen LogP contribution in [0.5, 0.6) is 0 Å². The molecule has 1 aliphatic rings. The molecule has 0 amide bonds. The minimum absolute atomic E-state index is 0. The van der Waals surface area contributed by atoms with E-state index in [1.807, 2.05) is 24.3 Å². The Morgan fingerprint density at radius 3 is 2.50 bits per heavy atom. The number of nitrogens with one attached hydrogen (secondary N) is 2. The number of ether oxygens (including phenoxy) is 2. The summed E-state index contributed by atoms with van der Waals surface area (Å²) in [5.41, 5.74) is 1.04. The van der Waals surface area contributed by atoms with Crippen LogP contribution in [0.1, 0.15) is 25.5 Å². The topological polar surface area (TPSA) is 58.1 Å². The van der Waals surface area contributed by atoms with E-state index in [4.69, 9.17) is 21.1 Å². The van der Waals surface area contributed by atoms with Gasteiger partial charge in [-0.3, -0.25) is 9.89 Å². The van der Waals surface area contributed by atoms with E-state index in [2.05, 4.69) is 34.4 Å². The Hall–Kier alpha value is -0.610. The van der Waals surface area contributed by atoms with Gasteiger partial charge in [-0.25, -0.2) is 0 Å². The van der Waals surface area contributed by atoms with Crippen molar-refractivity contribution in [3.05, 3.63) is 34.9 Å². The molecule has 1 fully saturated rings. The summed E-state index contributed by atoms with van der Waals surface area (Å²) in [6.07, 6.45) is -0.0950. The Morgan fingerprint density at radius 1 is 1.25 bits per heavy atom. The van der Waals surface area contributed by atoms with Crippen molar-refractivity contribution in [1.29, 1.82) is 0 Å². The molecule has 0 spiro atoms. The molecule has 0 radical (unpaired) electrons. The molecule has 0 bridgehead atoms. The van der Waals surface area contributed by atoms with Gasteiger partial charge < -0.3 is 20.1 Å². The fourth-order valence-corrected chi connectivity index (χ4v) is 3.55. The molecule has 0 aliphatic carbocycles. The average Bonchev–Trinajstić information content (AvgIpc) is 2.67. The molecule has 2 unspecified atom stereocenters. The monoisotopic (exact) mass is 524 g/mol. The first-order valence-electron chi connectivity index (χ1n) is 9.59. The summed E-state index contributed by atoms with van der Waals surface area (Å²) in [6, 6.07) is 8.19. The number of rotatable bonds is 8. The van der Waals surface area contributed by atoms with Gasteiger partial charge in [0.25, 0.3) is 0 Å². The van der Waals surface area contributed by atoms with Crippen LogP contribution in [0, 0.1) is 5.92 Å². The molecular formula is C20H34ClIN4O2. The van der Waals surface area contributed by atoms with E-state index >= 15 is 0 Å². The van der Waals surface area contributed by atoms with Crippen LogP contribution in [-0.2, 0) is 9.47 Å². The molecule has 1 aliphatic heterocycles. The molecular weight excluding hydrogens is 491 g/mol. The molecule has 0 saturated carbocycles.